The van der Waals surface area contributed by atoms with Crippen LogP contribution in [-0.4, -0.2) is 34.0 Å². The second-order valence-corrected chi connectivity index (χ2v) is 8.15. The lowest BCUT2D eigenvalue weighted by molar-refractivity contribution is -0.118. The van der Waals surface area contributed by atoms with Gasteiger partial charge >= 0.3 is 0 Å². The summed E-state index contributed by atoms with van der Waals surface area (Å²) in [6.07, 6.45) is 0. The molecule has 0 bridgehead atoms. The number of imidazole rings is 1. The zero-order valence-electron chi connectivity index (χ0n) is 18.0. The van der Waals surface area contributed by atoms with Gasteiger partial charge in [-0.3, -0.25) is 4.79 Å². The highest BCUT2D eigenvalue weighted by atomic mass is 32.2. The number of hydrogen-bond acceptors (Lipinski definition) is 5. The number of nitrogens with zero attached hydrogens (tertiary/aromatic N) is 3. The lowest BCUT2D eigenvalue weighted by atomic mass is 10.1. The number of para-hydroxylation sites is 2. The molecular formula is C25H24N4O2S. The van der Waals surface area contributed by atoms with Crippen molar-refractivity contribution < 1.29 is 9.53 Å². The minimum absolute atomic E-state index is 0.179. The first-order chi connectivity index (χ1) is 15.6. The monoisotopic (exact) mass is 444 g/mol. The number of aromatic nitrogens is 2. The third kappa shape index (κ3) is 5.18. The molecule has 0 saturated carbocycles. The van der Waals surface area contributed by atoms with E-state index in [-0.39, 0.29) is 11.7 Å². The van der Waals surface area contributed by atoms with Crippen LogP contribution in [0.4, 0.5) is 0 Å². The van der Waals surface area contributed by atoms with E-state index in [1.807, 2.05) is 67.6 Å². The van der Waals surface area contributed by atoms with E-state index in [2.05, 4.69) is 33.3 Å². The second kappa shape index (κ2) is 10.2. The summed E-state index contributed by atoms with van der Waals surface area (Å²) >= 11 is 1.41. The lowest BCUT2D eigenvalue weighted by Crippen LogP contribution is -2.21. The SMILES string of the molecule is COc1ccc(C(C)=NNC(=O)CSc2nc3ccccc3n2Cc2ccccc2)cc1. The summed E-state index contributed by atoms with van der Waals surface area (Å²) in [7, 11) is 1.63. The van der Waals surface area contributed by atoms with Crippen molar-refractivity contribution in [3.63, 3.8) is 0 Å². The molecule has 0 atom stereocenters. The van der Waals surface area contributed by atoms with Gasteiger partial charge < -0.3 is 9.30 Å². The van der Waals surface area contributed by atoms with Gasteiger partial charge in [-0.2, -0.15) is 5.10 Å². The van der Waals surface area contributed by atoms with Crippen LogP contribution in [0, 0.1) is 0 Å². The maximum Gasteiger partial charge on any atom is 0.250 e. The van der Waals surface area contributed by atoms with E-state index in [1.54, 1.807) is 7.11 Å². The number of thioether (sulfide) groups is 1. The number of rotatable bonds is 8. The number of methoxy groups -OCH3 is 1. The predicted octanol–water partition coefficient (Wildman–Crippen LogP) is 4.73. The number of carbonyl (C=O) groups is 1. The molecule has 0 aliphatic heterocycles. The Morgan fingerprint density at radius 3 is 2.50 bits per heavy atom. The predicted molar refractivity (Wildman–Crippen MR) is 129 cm³/mol. The number of amides is 1. The molecule has 1 amide bonds. The third-order valence-corrected chi connectivity index (χ3v) is 5.97. The molecule has 0 radical (unpaired) electrons. The average Bonchev–Trinajstić information content (AvgIpc) is 3.19. The van der Waals surface area contributed by atoms with E-state index in [1.165, 1.54) is 17.3 Å². The summed E-state index contributed by atoms with van der Waals surface area (Å²) in [4.78, 5) is 17.2. The Bertz CT molecular complexity index is 1230. The van der Waals surface area contributed by atoms with Crippen LogP contribution in [0.25, 0.3) is 11.0 Å². The topological polar surface area (TPSA) is 68.5 Å². The summed E-state index contributed by atoms with van der Waals surface area (Å²) in [6.45, 7) is 2.55. The van der Waals surface area contributed by atoms with E-state index in [9.17, 15) is 4.79 Å². The second-order valence-electron chi connectivity index (χ2n) is 7.20. The van der Waals surface area contributed by atoms with Gasteiger partial charge in [0, 0.05) is 0 Å². The van der Waals surface area contributed by atoms with E-state index in [0.717, 1.165) is 33.2 Å². The van der Waals surface area contributed by atoms with Crippen molar-refractivity contribution in [3.8, 4) is 5.75 Å². The fraction of sp³-hybridized carbons (Fsp3) is 0.160. The highest BCUT2D eigenvalue weighted by Crippen LogP contribution is 2.25. The average molecular weight is 445 g/mol. The fourth-order valence-electron chi connectivity index (χ4n) is 3.29. The standard InChI is InChI=1S/C25H24N4O2S/c1-18(20-12-14-21(31-2)15-13-20)27-28-24(30)17-32-25-26-22-10-6-7-11-23(22)29(25)16-19-8-4-3-5-9-19/h3-15H,16-17H2,1-2H3,(H,28,30). The largest absolute Gasteiger partial charge is 0.497 e. The summed E-state index contributed by atoms with van der Waals surface area (Å²) < 4.78 is 7.32. The minimum atomic E-state index is -0.179. The molecule has 0 fully saturated rings. The quantitative estimate of drug-likeness (QED) is 0.242. The number of hydrazone groups is 1. The van der Waals surface area contributed by atoms with Crippen LogP contribution in [0.15, 0.2) is 89.1 Å². The minimum Gasteiger partial charge on any atom is -0.497 e. The van der Waals surface area contributed by atoms with E-state index in [4.69, 9.17) is 9.72 Å². The van der Waals surface area contributed by atoms with Crippen molar-refractivity contribution in [1.82, 2.24) is 15.0 Å². The maximum atomic E-state index is 12.4. The summed E-state index contributed by atoms with van der Waals surface area (Å²) in [6, 6.07) is 25.8. The summed E-state index contributed by atoms with van der Waals surface area (Å²) in [5, 5.41) is 5.04. The molecule has 32 heavy (non-hydrogen) atoms. The van der Waals surface area contributed by atoms with Gasteiger partial charge in [-0.25, -0.2) is 10.4 Å². The Labute approximate surface area is 191 Å². The van der Waals surface area contributed by atoms with Crippen LogP contribution in [0.1, 0.15) is 18.1 Å². The van der Waals surface area contributed by atoms with Crippen LogP contribution in [0.3, 0.4) is 0 Å². The van der Waals surface area contributed by atoms with Gasteiger partial charge in [0.15, 0.2) is 5.16 Å². The van der Waals surface area contributed by atoms with Gasteiger partial charge in [0.05, 0.1) is 36.2 Å². The molecule has 0 saturated heterocycles. The van der Waals surface area contributed by atoms with E-state index >= 15 is 0 Å². The van der Waals surface area contributed by atoms with Crippen LogP contribution in [0.2, 0.25) is 0 Å². The Morgan fingerprint density at radius 2 is 1.75 bits per heavy atom. The first kappa shape index (κ1) is 21.6. The van der Waals surface area contributed by atoms with Crippen LogP contribution < -0.4 is 10.2 Å². The number of carbonyl (C=O) groups excluding carboxylic acids is 1. The Morgan fingerprint density at radius 1 is 1.03 bits per heavy atom. The van der Waals surface area contributed by atoms with Crippen LogP contribution >= 0.6 is 11.8 Å². The zero-order chi connectivity index (χ0) is 22.3. The van der Waals surface area contributed by atoms with Crippen LogP contribution in [-0.2, 0) is 11.3 Å². The van der Waals surface area contributed by atoms with Crippen LogP contribution in [0.5, 0.6) is 5.75 Å². The Hall–Kier alpha value is -3.58. The van der Waals surface area contributed by atoms with E-state index < -0.39 is 0 Å². The molecule has 162 valence electrons. The molecule has 0 aliphatic rings. The normalized spacial score (nSPS) is 11.5. The van der Waals surface area contributed by atoms with Crippen molar-refractivity contribution in [3.05, 3.63) is 90.0 Å². The first-order valence-electron chi connectivity index (χ1n) is 10.2. The zero-order valence-corrected chi connectivity index (χ0v) is 18.8. The lowest BCUT2D eigenvalue weighted by Gasteiger charge is -2.09. The number of fused-ring (bicyclic) bond motifs is 1. The number of benzene rings is 3. The van der Waals surface area contributed by atoms with Crippen molar-refractivity contribution in [2.75, 3.05) is 12.9 Å². The fourth-order valence-corrected chi connectivity index (χ4v) is 4.09. The Balaban J connectivity index is 1.44. The van der Waals surface area contributed by atoms with Crippen molar-refractivity contribution >= 4 is 34.4 Å². The molecule has 0 unspecified atom stereocenters. The van der Waals surface area contributed by atoms with Crippen molar-refractivity contribution in [1.29, 1.82) is 0 Å². The van der Waals surface area contributed by atoms with Gasteiger partial charge in [-0.05, 0) is 54.4 Å². The first-order valence-corrected chi connectivity index (χ1v) is 11.2. The maximum absolute atomic E-state index is 12.4. The molecule has 0 aliphatic carbocycles. The highest BCUT2D eigenvalue weighted by Gasteiger charge is 2.13. The number of ether oxygens (including phenoxy) is 1. The van der Waals surface area contributed by atoms with Gasteiger partial charge in [-0.15, -0.1) is 0 Å². The smallest absolute Gasteiger partial charge is 0.250 e. The van der Waals surface area contributed by atoms with Crippen molar-refractivity contribution in [2.24, 2.45) is 5.10 Å². The molecule has 4 aromatic rings. The molecule has 1 heterocycles. The van der Waals surface area contributed by atoms with Gasteiger partial charge in [0.25, 0.3) is 5.91 Å². The summed E-state index contributed by atoms with van der Waals surface area (Å²) in [5.41, 5.74) is 7.43. The highest BCUT2D eigenvalue weighted by molar-refractivity contribution is 7.99. The molecule has 6 nitrogen and oxygen atoms in total. The van der Waals surface area contributed by atoms with Gasteiger partial charge in [0.2, 0.25) is 0 Å². The number of nitrogens with one attached hydrogen (secondary N) is 1. The molecule has 1 aromatic heterocycles. The van der Waals surface area contributed by atoms with Crippen molar-refractivity contribution in [2.45, 2.75) is 18.6 Å². The number of hydrogen-bond donors (Lipinski definition) is 1. The molecule has 3 aromatic carbocycles. The molecular weight excluding hydrogens is 420 g/mol. The third-order valence-electron chi connectivity index (χ3n) is 4.99. The van der Waals surface area contributed by atoms with Gasteiger partial charge in [0.1, 0.15) is 5.75 Å². The molecule has 4 rings (SSSR count). The Kier molecular flexibility index (Phi) is 6.87. The molecule has 1 N–H and O–H groups in total. The van der Waals surface area contributed by atoms with E-state index in [0.29, 0.717) is 6.54 Å². The van der Waals surface area contributed by atoms with Gasteiger partial charge in [-0.1, -0.05) is 54.2 Å². The molecule has 7 heteroatoms. The molecule has 0 spiro atoms. The summed E-state index contributed by atoms with van der Waals surface area (Å²) in [5.74, 6) is 0.818.